The van der Waals surface area contributed by atoms with Crippen molar-refractivity contribution in [1.82, 2.24) is 25.2 Å². The summed E-state index contributed by atoms with van der Waals surface area (Å²) in [6, 6.07) is 14.6. The maximum atomic E-state index is 14.7. The molecule has 4 fully saturated rings. The number of carbonyl (C=O) groups is 4. The quantitative estimate of drug-likeness (QED) is 0.243. The number of amides is 4. The van der Waals surface area contributed by atoms with E-state index < -0.39 is 79.2 Å². The Balaban J connectivity index is 1.22. The third-order valence-electron chi connectivity index (χ3n) is 11.1. The van der Waals surface area contributed by atoms with Crippen molar-refractivity contribution in [2.75, 3.05) is 13.7 Å². The second kappa shape index (κ2) is 13.9. The fourth-order valence-corrected chi connectivity index (χ4v) is 9.05. The fraction of sp³-hybridized carbons (Fsp3) is 0.537. The lowest BCUT2D eigenvalue weighted by molar-refractivity contribution is -0.143. The molecular formula is C41H51N5O9S. The van der Waals surface area contributed by atoms with Gasteiger partial charge in [0.15, 0.2) is 0 Å². The van der Waals surface area contributed by atoms with Crippen molar-refractivity contribution in [3.05, 3.63) is 54.6 Å². The van der Waals surface area contributed by atoms with E-state index in [1.807, 2.05) is 48.5 Å². The van der Waals surface area contributed by atoms with Crippen molar-refractivity contribution in [3.63, 3.8) is 0 Å². The van der Waals surface area contributed by atoms with Gasteiger partial charge in [-0.3, -0.25) is 19.1 Å². The highest BCUT2D eigenvalue weighted by atomic mass is 32.2. The van der Waals surface area contributed by atoms with E-state index >= 15 is 0 Å². The monoisotopic (exact) mass is 789 g/mol. The Morgan fingerprint density at radius 2 is 1.66 bits per heavy atom. The number of carbonyl (C=O) groups excluding carboxylic acids is 4. The average molecular weight is 790 g/mol. The molecule has 14 nitrogen and oxygen atoms in total. The van der Waals surface area contributed by atoms with Gasteiger partial charge in [0.1, 0.15) is 40.8 Å². The summed E-state index contributed by atoms with van der Waals surface area (Å²) in [4.78, 5) is 62.3. The van der Waals surface area contributed by atoms with Gasteiger partial charge in [-0.05, 0) is 70.4 Å². The number of likely N-dealkylation sites (tertiary alicyclic amines) is 1. The second-order valence-electron chi connectivity index (χ2n) is 17.7. The van der Waals surface area contributed by atoms with E-state index in [0.29, 0.717) is 60.2 Å². The molecule has 2 aromatic carbocycles. The average Bonchev–Trinajstić information content (AvgIpc) is 4.07. The number of hydrogen-bond acceptors (Lipinski definition) is 10. The van der Waals surface area contributed by atoms with Crippen molar-refractivity contribution in [1.29, 1.82) is 0 Å². The molecule has 1 saturated heterocycles. The number of alkyl carbamates (subject to hydrolysis) is 1. The number of ether oxygens (including phenoxy) is 3. The van der Waals surface area contributed by atoms with Crippen LogP contribution in [-0.4, -0.2) is 90.3 Å². The van der Waals surface area contributed by atoms with Crippen LogP contribution >= 0.6 is 0 Å². The number of fused-ring (bicyclic) bond motifs is 1. The van der Waals surface area contributed by atoms with Gasteiger partial charge in [-0.15, -0.1) is 0 Å². The van der Waals surface area contributed by atoms with Crippen molar-refractivity contribution >= 4 is 44.7 Å². The molecule has 4 atom stereocenters. The van der Waals surface area contributed by atoms with Crippen molar-refractivity contribution in [3.8, 4) is 22.8 Å². The van der Waals surface area contributed by atoms with E-state index in [9.17, 15) is 27.6 Å². The van der Waals surface area contributed by atoms with Gasteiger partial charge in [-0.2, -0.15) is 0 Å². The van der Waals surface area contributed by atoms with Gasteiger partial charge in [0.2, 0.25) is 21.8 Å². The van der Waals surface area contributed by atoms with Crippen molar-refractivity contribution in [2.24, 2.45) is 10.8 Å². The number of benzene rings is 2. The van der Waals surface area contributed by atoms with Crippen LogP contribution in [0.4, 0.5) is 4.79 Å². The standard InChI is InChI=1S/C41H51N5O9S/c1-38(2,3)33(43-37(50)55-39(4,5)6)35(48)46-22-26(54-32-21-29(24-11-9-8-10-12-24)42-30-19-25(53-7)13-16-28(30)32)20-31(46)34(47)44-41(23-40(41)17-18-40)36(49)45-56(51,52)27-14-15-27/h8-13,16,19,21,26-27,31,33H,14-15,17-18,20,22-23H2,1-7H3,(H,43,50)(H,44,47)(H,45,49)/t26?,31-,33+,41?/m0/s1. The van der Waals surface area contributed by atoms with Gasteiger partial charge >= 0.3 is 6.09 Å². The molecule has 0 radical (unpaired) electrons. The highest BCUT2D eigenvalue weighted by Gasteiger charge is 2.79. The van der Waals surface area contributed by atoms with Gasteiger partial charge in [0, 0.05) is 34.9 Å². The Kier molecular flexibility index (Phi) is 9.78. The molecule has 7 rings (SSSR count). The topological polar surface area (TPSA) is 182 Å². The zero-order chi connectivity index (χ0) is 40.4. The highest BCUT2D eigenvalue weighted by molar-refractivity contribution is 7.91. The molecular weight excluding hydrogens is 739 g/mol. The van der Waals surface area contributed by atoms with E-state index in [4.69, 9.17) is 19.2 Å². The highest BCUT2D eigenvalue weighted by Crippen LogP contribution is 2.73. The summed E-state index contributed by atoms with van der Waals surface area (Å²) in [7, 11) is -2.30. The zero-order valence-corrected chi connectivity index (χ0v) is 33.7. The molecule has 4 aliphatic rings. The van der Waals surface area contributed by atoms with E-state index in [-0.39, 0.29) is 13.0 Å². The van der Waals surface area contributed by atoms with Crippen molar-refractivity contribution in [2.45, 2.75) is 115 Å². The van der Waals surface area contributed by atoms with Crippen LogP contribution in [-0.2, 0) is 29.1 Å². The number of rotatable bonds is 11. The minimum atomic E-state index is -3.87. The summed E-state index contributed by atoms with van der Waals surface area (Å²) in [5.41, 5.74) is -1.46. The molecule has 1 aliphatic heterocycles. The molecule has 1 spiro atoms. The first-order chi connectivity index (χ1) is 26.2. The van der Waals surface area contributed by atoms with Crippen LogP contribution < -0.4 is 24.8 Å². The maximum absolute atomic E-state index is 14.7. The number of sulfonamides is 1. The van der Waals surface area contributed by atoms with Crippen LogP contribution in [0, 0.1) is 10.8 Å². The normalized spacial score (nSPS) is 23.2. The molecule has 3 saturated carbocycles. The Bertz CT molecular complexity index is 2170. The van der Waals surface area contributed by atoms with Gasteiger partial charge in [0.25, 0.3) is 5.91 Å². The third kappa shape index (κ3) is 7.87. The molecule has 2 unspecified atom stereocenters. The number of nitrogens with one attached hydrogen (secondary N) is 3. The number of nitrogens with zero attached hydrogens (tertiary/aromatic N) is 2. The van der Waals surface area contributed by atoms with Crippen LogP contribution in [0.3, 0.4) is 0 Å². The van der Waals surface area contributed by atoms with Crippen LogP contribution in [0.25, 0.3) is 22.2 Å². The summed E-state index contributed by atoms with van der Waals surface area (Å²) >= 11 is 0. The largest absolute Gasteiger partial charge is 0.497 e. The van der Waals surface area contributed by atoms with E-state index in [2.05, 4.69) is 15.4 Å². The van der Waals surface area contributed by atoms with Crippen LogP contribution in [0.2, 0.25) is 0 Å². The molecule has 15 heteroatoms. The molecule has 3 aliphatic carbocycles. The number of hydrogen-bond donors (Lipinski definition) is 3. The SMILES string of the molecule is COc1ccc2c(OC3C[C@@H](C(=O)NC4(C(=O)NS(=O)(=O)C5CC5)CC45CC5)N(C(=O)[C@@H](NC(=O)OC(C)(C)C)C(C)(C)C)C3)cc(-c3ccccc3)nc2c1. The van der Waals surface area contributed by atoms with E-state index in [1.165, 1.54) is 4.90 Å². The molecule has 1 aromatic heterocycles. The molecule has 300 valence electrons. The summed E-state index contributed by atoms with van der Waals surface area (Å²) in [6.45, 7) is 10.5. The van der Waals surface area contributed by atoms with Gasteiger partial charge in [0.05, 0.1) is 30.1 Å². The molecule has 3 aromatic rings. The minimum absolute atomic E-state index is 0.0272. The van der Waals surface area contributed by atoms with Crippen LogP contribution in [0.1, 0.15) is 80.1 Å². The first-order valence-electron chi connectivity index (χ1n) is 19.1. The van der Waals surface area contributed by atoms with Gasteiger partial charge < -0.3 is 29.7 Å². The smallest absolute Gasteiger partial charge is 0.408 e. The van der Waals surface area contributed by atoms with E-state index in [0.717, 1.165) is 5.56 Å². The summed E-state index contributed by atoms with van der Waals surface area (Å²) in [6.07, 6.45) is 1.15. The predicted octanol–water partition coefficient (Wildman–Crippen LogP) is 4.85. The molecule has 3 N–H and O–H groups in total. The van der Waals surface area contributed by atoms with Gasteiger partial charge in [-0.25, -0.2) is 18.2 Å². The fourth-order valence-electron chi connectivity index (χ4n) is 7.70. The Morgan fingerprint density at radius 1 is 0.964 bits per heavy atom. The van der Waals surface area contributed by atoms with Crippen molar-refractivity contribution < 1.29 is 41.8 Å². The first kappa shape index (κ1) is 39.3. The number of aromatic nitrogens is 1. The molecule has 56 heavy (non-hydrogen) atoms. The van der Waals surface area contributed by atoms with E-state index in [1.54, 1.807) is 54.7 Å². The third-order valence-corrected chi connectivity index (χ3v) is 12.9. The summed E-state index contributed by atoms with van der Waals surface area (Å²) < 4.78 is 45.6. The first-order valence-corrected chi connectivity index (χ1v) is 20.7. The molecule has 0 bridgehead atoms. The lowest BCUT2D eigenvalue weighted by Gasteiger charge is -2.36. The van der Waals surface area contributed by atoms with Crippen LogP contribution in [0.15, 0.2) is 54.6 Å². The Labute approximate surface area is 327 Å². The zero-order valence-electron chi connectivity index (χ0n) is 32.9. The molecule has 4 amide bonds. The summed E-state index contributed by atoms with van der Waals surface area (Å²) in [5, 5.41) is 5.75. The maximum Gasteiger partial charge on any atom is 0.408 e. The second-order valence-corrected chi connectivity index (χ2v) is 19.7. The summed E-state index contributed by atoms with van der Waals surface area (Å²) in [5.74, 6) is -0.792. The number of pyridine rings is 1. The Hall–Kier alpha value is -4.92. The predicted molar refractivity (Wildman–Crippen MR) is 208 cm³/mol. The molecule has 2 heterocycles. The lowest BCUT2D eigenvalue weighted by atomic mass is 9.85. The Morgan fingerprint density at radius 3 is 2.25 bits per heavy atom. The van der Waals surface area contributed by atoms with Gasteiger partial charge in [-0.1, -0.05) is 51.1 Å². The lowest BCUT2D eigenvalue weighted by Crippen LogP contribution is -2.60. The van der Waals surface area contributed by atoms with Crippen LogP contribution in [0.5, 0.6) is 11.5 Å². The minimum Gasteiger partial charge on any atom is -0.497 e. The number of methoxy groups -OCH3 is 1.